The zero-order valence-corrected chi connectivity index (χ0v) is 19.1. The molecular formula is C20H26F3N5OS2. The summed E-state index contributed by atoms with van der Waals surface area (Å²) in [5.41, 5.74) is -0.321. The zero-order chi connectivity index (χ0) is 22.4. The van der Waals surface area contributed by atoms with Gasteiger partial charge in [0.15, 0.2) is 0 Å². The van der Waals surface area contributed by atoms with Gasteiger partial charge in [-0.05, 0) is 38.0 Å². The van der Waals surface area contributed by atoms with Gasteiger partial charge in [0, 0.05) is 30.2 Å². The lowest BCUT2D eigenvalue weighted by Crippen LogP contribution is -2.35. The molecule has 3 rings (SSSR count). The van der Waals surface area contributed by atoms with Crippen LogP contribution in [0.15, 0.2) is 23.9 Å². The van der Waals surface area contributed by atoms with Crippen LogP contribution in [-0.4, -0.2) is 57.9 Å². The van der Waals surface area contributed by atoms with Gasteiger partial charge in [-0.1, -0.05) is 35.9 Å². The second-order valence-corrected chi connectivity index (χ2v) is 9.06. The van der Waals surface area contributed by atoms with Crippen molar-refractivity contribution in [3.63, 3.8) is 0 Å². The Hall–Kier alpha value is -1.56. The van der Waals surface area contributed by atoms with Gasteiger partial charge >= 0.3 is 6.18 Å². The third kappa shape index (κ3) is 6.47. The van der Waals surface area contributed by atoms with E-state index in [1.807, 2.05) is 6.26 Å². The van der Waals surface area contributed by atoms with E-state index in [-0.39, 0.29) is 27.6 Å². The summed E-state index contributed by atoms with van der Waals surface area (Å²) in [4.78, 5) is 8.48. The number of piperidine rings is 1. The summed E-state index contributed by atoms with van der Waals surface area (Å²) in [7, 11) is 0. The number of thioether (sulfide) groups is 1. The van der Waals surface area contributed by atoms with E-state index >= 15 is 0 Å². The van der Waals surface area contributed by atoms with E-state index in [0.717, 1.165) is 49.5 Å². The molecule has 0 spiro atoms. The maximum Gasteiger partial charge on any atom is 0.420 e. The number of aromatic nitrogens is 2. The van der Waals surface area contributed by atoms with Crippen molar-refractivity contribution < 1.29 is 17.9 Å². The van der Waals surface area contributed by atoms with Crippen LogP contribution in [0.5, 0.6) is 0 Å². The van der Waals surface area contributed by atoms with E-state index in [4.69, 9.17) is 10.1 Å². The lowest BCUT2D eigenvalue weighted by atomic mass is 10.1. The van der Waals surface area contributed by atoms with Gasteiger partial charge in [-0.2, -0.15) is 13.2 Å². The quantitative estimate of drug-likeness (QED) is 0.340. The molecule has 0 unspecified atom stereocenters. The molecule has 2 aliphatic heterocycles. The summed E-state index contributed by atoms with van der Waals surface area (Å²) in [6, 6.07) is 0.111. The van der Waals surface area contributed by atoms with Crippen molar-refractivity contribution in [1.82, 2.24) is 14.3 Å². The first kappa shape index (κ1) is 24.1. The molecule has 1 aromatic heterocycles. The SMILES string of the molecule is C/C=C(\SC(=N)C1=CCOCC1)c1nc(NC2CCN(SC)CC2)ncc1C(F)(F)F. The molecule has 0 aromatic carbocycles. The van der Waals surface area contributed by atoms with Crippen LogP contribution in [-0.2, 0) is 10.9 Å². The molecular weight excluding hydrogens is 447 g/mol. The predicted molar refractivity (Wildman–Crippen MR) is 121 cm³/mol. The normalized spacial score (nSPS) is 19.3. The van der Waals surface area contributed by atoms with Crippen molar-refractivity contribution in [2.45, 2.75) is 38.4 Å². The molecule has 170 valence electrons. The maximum atomic E-state index is 13.7. The molecule has 0 saturated carbocycles. The predicted octanol–water partition coefficient (Wildman–Crippen LogP) is 5.07. The summed E-state index contributed by atoms with van der Waals surface area (Å²) in [5, 5.41) is 11.7. The van der Waals surface area contributed by atoms with Crippen molar-refractivity contribution >= 4 is 39.6 Å². The van der Waals surface area contributed by atoms with Gasteiger partial charge < -0.3 is 10.1 Å². The van der Waals surface area contributed by atoms with Gasteiger partial charge in [-0.15, -0.1) is 0 Å². The molecule has 0 amide bonds. The first-order valence-electron chi connectivity index (χ1n) is 10.0. The van der Waals surface area contributed by atoms with Crippen LogP contribution in [0.2, 0.25) is 0 Å². The minimum Gasteiger partial charge on any atom is -0.377 e. The van der Waals surface area contributed by atoms with E-state index in [2.05, 4.69) is 19.6 Å². The molecule has 1 fully saturated rings. The number of allylic oxidation sites excluding steroid dienone is 1. The number of nitrogens with one attached hydrogen (secondary N) is 2. The van der Waals surface area contributed by atoms with Gasteiger partial charge in [0.25, 0.3) is 0 Å². The molecule has 0 radical (unpaired) electrons. The molecule has 3 heterocycles. The fourth-order valence-electron chi connectivity index (χ4n) is 3.36. The number of ether oxygens (including phenoxy) is 1. The number of nitrogens with zero attached hydrogens (tertiary/aromatic N) is 3. The fourth-order valence-corrected chi connectivity index (χ4v) is 4.85. The Morgan fingerprint density at radius 1 is 1.35 bits per heavy atom. The number of hydrogen-bond donors (Lipinski definition) is 2. The van der Waals surface area contributed by atoms with E-state index < -0.39 is 11.7 Å². The van der Waals surface area contributed by atoms with Crippen LogP contribution >= 0.6 is 23.7 Å². The lowest BCUT2D eigenvalue weighted by molar-refractivity contribution is -0.138. The van der Waals surface area contributed by atoms with Crippen LogP contribution in [0.25, 0.3) is 4.91 Å². The third-order valence-electron chi connectivity index (χ3n) is 5.10. The highest BCUT2D eigenvalue weighted by Gasteiger charge is 2.36. The molecule has 1 saturated heterocycles. The van der Waals surface area contributed by atoms with Crippen LogP contribution in [0.4, 0.5) is 19.1 Å². The first-order chi connectivity index (χ1) is 14.8. The topological polar surface area (TPSA) is 74.1 Å². The Labute approximate surface area is 188 Å². The molecule has 0 aliphatic carbocycles. The Balaban J connectivity index is 1.82. The highest BCUT2D eigenvalue weighted by Crippen LogP contribution is 2.39. The van der Waals surface area contributed by atoms with Gasteiger partial charge in [-0.3, -0.25) is 9.71 Å². The summed E-state index contributed by atoms with van der Waals surface area (Å²) < 4.78 is 48.6. The Kier molecular flexibility index (Phi) is 8.43. The number of anilines is 1. The average molecular weight is 474 g/mol. The summed E-state index contributed by atoms with van der Waals surface area (Å²) in [6.45, 7) is 4.37. The zero-order valence-electron chi connectivity index (χ0n) is 17.5. The van der Waals surface area contributed by atoms with Gasteiger partial charge in [-0.25, -0.2) is 9.97 Å². The minimum atomic E-state index is -4.59. The van der Waals surface area contributed by atoms with Crippen molar-refractivity contribution in [3.8, 4) is 0 Å². The monoisotopic (exact) mass is 473 g/mol. The second kappa shape index (κ2) is 10.8. The standard InChI is InChI=1S/C20H26F3N5OS2/c1-3-16(31-18(24)13-6-10-29-11-7-13)17-15(20(21,22)23)12-25-19(27-17)26-14-4-8-28(30-2)9-5-14/h3,6,12,14,24H,4-5,7-11H2,1-2H3,(H,25,26,27)/b16-3-,24-18?. The Morgan fingerprint density at radius 3 is 2.68 bits per heavy atom. The van der Waals surface area contributed by atoms with Gasteiger partial charge in [0.05, 0.1) is 24.0 Å². The minimum absolute atomic E-state index is 0.111. The summed E-state index contributed by atoms with van der Waals surface area (Å²) in [5.74, 6) is 0.183. The number of halogens is 3. The average Bonchev–Trinajstić information content (AvgIpc) is 2.77. The molecule has 2 aliphatic rings. The van der Waals surface area contributed by atoms with Gasteiger partial charge in [0.1, 0.15) is 5.56 Å². The van der Waals surface area contributed by atoms with E-state index in [1.54, 1.807) is 31.0 Å². The molecule has 2 N–H and O–H groups in total. The molecule has 11 heteroatoms. The summed E-state index contributed by atoms with van der Waals surface area (Å²) in [6.07, 6.45) is 3.94. The molecule has 0 atom stereocenters. The van der Waals surface area contributed by atoms with Crippen molar-refractivity contribution in [1.29, 1.82) is 5.41 Å². The highest BCUT2D eigenvalue weighted by molar-refractivity contribution is 8.22. The van der Waals surface area contributed by atoms with Gasteiger partial charge in [0.2, 0.25) is 5.95 Å². The fraction of sp³-hybridized carbons (Fsp3) is 0.550. The molecule has 0 bridgehead atoms. The van der Waals surface area contributed by atoms with E-state index in [1.165, 1.54) is 0 Å². The van der Waals surface area contributed by atoms with Crippen LogP contribution in [0.1, 0.15) is 37.4 Å². The van der Waals surface area contributed by atoms with Crippen LogP contribution in [0.3, 0.4) is 0 Å². The number of alkyl halides is 3. The smallest absolute Gasteiger partial charge is 0.377 e. The molecule has 31 heavy (non-hydrogen) atoms. The van der Waals surface area contributed by atoms with Crippen LogP contribution < -0.4 is 5.32 Å². The number of hydrogen-bond acceptors (Lipinski definition) is 8. The molecule has 6 nitrogen and oxygen atoms in total. The van der Waals surface area contributed by atoms with Crippen molar-refractivity contribution in [2.75, 3.05) is 37.9 Å². The van der Waals surface area contributed by atoms with Crippen molar-refractivity contribution in [2.24, 2.45) is 0 Å². The van der Waals surface area contributed by atoms with Crippen molar-refractivity contribution in [3.05, 3.63) is 35.2 Å². The Bertz CT molecular complexity index is 852. The van der Waals surface area contributed by atoms with E-state index in [0.29, 0.717) is 19.6 Å². The van der Waals surface area contributed by atoms with Crippen LogP contribution in [0, 0.1) is 5.41 Å². The third-order valence-corrected chi connectivity index (χ3v) is 7.10. The first-order valence-corrected chi connectivity index (χ1v) is 12.0. The molecule has 1 aromatic rings. The number of rotatable bonds is 6. The Morgan fingerprint density at radius 2 is 2.10 bits per heavy atom. The lowest BCUT2D eigenvalue weighted by Gasteiger charge is -2.30. The second-order valence-electron chi connectivity index (χ2n) is 7.12. The largest absolute Gasteiger partial charge is 0.420 e. The summed E-state index contributed by atoms with van der Waals surface area (Å²) >= 11 is 2.68. The highest BCUT2D eigenvalue weighted by atomic mass is 32.2. The van der Waals surface area contributed by atoms with E-state index in [9.17, 15) is 13.2 Å². The maximum absolute atomic E-state index is 13.7.